The first-order valence-corrected chi connectivity index (χ1v) is 10.8. The molecule has 2 aliphatic carbocycles. The zero-order valence-electron chi connectivity index (χ0n) is 15.4. The Kier molecular flexibility index (Phi) is 5.29. The quantitative estimate of drug-likeness (QED) is 0.803. The van der Waals surface area contributed by atoms with E-state index in [9.17, 15) is 13.5 Å². The lowest BCUT2D eigenvalue weighted by Crippen LogP contribution is -2.42. The third kappa shape index (κ3) is 3.64. The van der Waals surface area contributed by atoms with Crippen molar-refractivity contribution in [3.63, 3.8) is 0 Å². The van der Waals surface area contributed by atoms with E-state index < -0.39 is 10.1 Å². The van der Waals surface area contributed by atoms with Crippen LogP contribution in [-0.2, 0) is 14.3 Å². The lowest BCUT2D eigenvalue weighted by atomic mass is 9.62. The maximum absolute atomic E-state index is 12.4. The second-order valence-electron chi connectivity index (χ2n) is 8.28. The largest absolute Gasteiger partial charge is 0.393 e. The molecule has 2 saturated carbocycles. The maximum Gasteiger partial charge on any atom is 0.296 e. The number of hydrogen-bond donors (Lipinski definition) is 1. The summed E-state index contributed by atoms with van der Waals surface area (Å²) >= 11 is 0. The lowest BCUT2D eigenvalue weighted by molar-refractivity contribution is -0.0307. The Labute approximate surface area is 151 Å². The van der Waals surface area contributed by atoms with Crippen LogP contribution in [0.3, 0.4) is 0 Å². The van der Waals surface area contributed by atoms with Gasteiger partial charge in [-0.2, -0.15) is 8.42 Å². The summed E-state index contributed by atoms with van der Waals surface area (Å²) in [5.41, 5.74) is 1.13. The van der Waals surface area contributed by atoms with Gasteiger partial charge in [0.2, 0.25) is 0 Å². The summed E-state index contributed by atoms with van der Waals surface area (Å²) in [4.78, 5) is 0.217. The monoisotopic (exact) mass is 366 g/mol. The van der Waals surface area contributed by atoms with Crippen LogP contribution in [0.5, 0.6) is 0 Å². The molecule has 0 radical (unpaired) electrons. The first kappa shape index (κ1) is 18.9. The summed E-state index contributed by atoms with van der Waals surface area (Å²) in [5, 5.41) is 10.3. The molecule has 2 fully saturated rings. The summed E-state index contributed by atoms with van der Waals surface area (Å²) in [7, 11) is -3.71. The molecule has 0 aromatic heterocycles. The normalized spacial score (nSPS) is 33.8. The van der Waals surface area contributed by atoms with Crippen LogP contribution in [0.25, 0.3) is 0 Å². The molecule has 5 atom stereocenters. The Morgan fingerprint density at radius 1 is 1.24 bits per heavy atom. The Morgan fingerprint density at radius 3 is 2.60 bits per heavy atom. The number of fused-ring (bicyclic) bond motifs is 1. The molecule has 4 nitrogen and oxygen atoms in total. The van der Waals surface area contributed by atoms with Gasteiger partial charge in [0.1, 0.15) is 0 Å². The highest BCUT2D eigenvalue weighted by Crippen LogP contribution is 2.57. The third-order valence-corrected chi connectivity index (χ3v) is 7.94. The highest BCUT2D eigenvalue weighted by molar-refractivity contribution is 7.86. The van der Waals surface area contributed by atoms with Crippen molar-refractivity contribution in [3.05, 3.63) is 29.8 Å². The van der Waals surface area contributed by atoms with Gasteiger partial charge in [0.15, 0.2) is 0 Å². The van der Waals surface area contributed by atoms with Gasteiger partial charge < -0.3 is 5.11 Å². The smallest absolute Gasteiger partial charge is 0.296 e. The lowest BCUT2D eigenvalue weighted by Gasteiger charge is -2.45. The Morgan fingerprint density at radius 2 is 1.92 bits per heavy atom. The zero-order chi connectivity index (χ0) is 18.2. The van der Waals surface area contributed by atoms with Crippen molar-refractivity contribution in [2.75, 3.05) is 6.61 Å². The van der Waals surface area contributed by atoms with Gasteiger partial charge in [0.25, 0.3) is 10.1 Å². The van der Waals surface area contributed by atoms with Gasteiger partial charge in [0, 0.05) is 0 Å². The van der Waals surface area contributed by atoms with Gasteiger partial charge in [0.05, 0.1) is 17.6 Å². The summed E-state index contributed by atoms with van der Waals surface area (Å²) in [5.74, 6) is 0.906. The van der Waals surface area contributed by atoms with E-state index in [1.807, 2.05) is 6.92 Å². The molecule has 0 bridgehead atoms. The fraction of sp³-hybridized carbons (Fsp3) is 0.700. The summed E-state index contributed by atoms with van der Waals surface area (Å²) in [6.45, 7) is 6.50. The molecule has 0 amide bonds. The van der Waals surface area contributed by atoms with E-state index in [0.717, 1.165) is 37.7 Å². The fourth-order valence-electron chi connectivity index (χ4n) is 5.21. The molecule has 1 aromatic carbocycles. The predicted molar refractivity (Wildman–Crippen MR) is 97.7 cm³/mol. The molecule has 0 heterocycles. The predicted octanol–water partition coefficient (Wildman–Crippen LogP) is 3.91. The molecule has 1 aromatic rings. The Bertz CT molecular complexity index is 697. The first-order valence-electron chi connectivity index (χ1n) is 9.38. The minimum absolute atomic E-state index is 0.105. The van der Waals surface area contributed by atoms with Gasteiger partial charge in [-0.1, -0.05) is 38.0 Å². The van der Waals surface area contributed by atoms with Gasteiger partial charge >= 0.3 is 0 Å². The molecule has 2 aliphatic rings. The van der Waals surface area contributed by atoms with E-state index in [1.165, 1.54) is 0 Å². The van der Waals surface area contributed by atoms with E-state index in [2.05, 4.69) is 13.8 Å². The highest BCUT2D eigenvalue weighted by Gasteiger charge is 2.52. The van der Waals surface area contributed by atoms with Crippen LogP contribution >= 0.6 is 0 Å². The van der Waals surface area contributed by atoms with E-state index in [4.69, 9.17) is 4.18 Å². The van der Waals surface area contributed by atoms with E-state index in [0.29, 0.717) is 11.8 Å². The fourth-order valence-corrected chi connectivity index (χ4v) is 6.21. The molecular formula is C20H30O4S. The van der Waals surface area contributed by atoms with Crippen molar-refractivity contribution >= 4 is 10.1 Å². The molecule has 0 aliphatic heterocycles. The number of aryl methyl sites for hydroxylation is 1. The molecule has 140 valence electrons. The van der Waals surface area contributed by atoms with Crippen molar-refractivity contribution in [2.24, 2.45) is 23.2 Å². The highest BCUT2D eigenvalue weighted by atomic mass is 32.2. The van der Waals surface area contributed by atoms with Crippen molar-refractivity contribution in [3.8, 4) is 0 Å². The summed E-state index contributed by atoms with van der Waals surface area (Å²) < 4.78 is 30.2. The minimum atomic E-state index is -3.71. The second kappa shape index (κ2) is 7.01. The zero-order valence-corrected chi connectivity index (χ0v) is 16.3. The van der Waals surface area contributed by atoms with Crippen LogP contribution in [0.1, 0.15) is 51.5 Å². The van der Waals surface area contributed by atoms with Gasteiger partial charge in [-0.3, -0.25) is 4.18 Å². The maximum atomic E-state index is 12.4. The van der Waals surface area contributed by atoms with E-state index >= 15 is 0 Å². The van der Waals surface area contributed by atoms with Gasteiger partial charge in [-0.25, -0.2) is 0 Å². The van der Waals surface area contributed by atoms with Crippen molar-refractivity contribution < 1.29 is 17.7 Å². The minimum Gasteiger partial charge on any atom is -0.393 e. The summed E-state index contributed by atoms with van der Waals surface area (Å²) in [6.07, 6.45) is 4.96. The topological polar surface area (TPSA) is 63.6 Å². The average Bonchev–Trinajstić information content (AvgIpc) is 2.92. The van der Waals surface area contributed by atoms with Crippen LogP contribution in [-0.4, -0.2) is 26.2 Å². The molecule has 5 heteroatoms. The number of aliphatic hydroxyl groups is 1. The number of benzene rings is 1. The SMILES string of the molecule is Cc1ccc(S(=O)(=O)OC[C@H](C)[C@H]2CC[C@@H]3[C@@H](O)CCC[C@]23C)cc1. The van der Waals surface area contributed by atoms with Crippen molar-refractivity contribution in [1.29, 1.82) is 0 Å². The molecule has 25 heavy (non-hydrogen) atoms. The molecular weight excluding hydrogens is 336 g/mol. The number of aliphatic hydroxyl groups excluding tert-OH is 1. The van der Waals surface area contributed by atoms with Crippen LogP contribution in [0.4, 0.5) is 0 Å². The van der Waals surface area contributed by atoms with Gasteiger partial charge in [-0.05, 0) is 67.9 Å². The van der Waals surface area contributed by atoms with E-state index in [1.54, 1.807) is 24.3 Å². The van der Waals surface area contributed by atoms with E-state index in [-0.39, 0.29) is 28.9 Å². The van der Waals surface area contributed by atoms with Crippen molar-refractivity contribution in [2.45, 2.75) is 63.9 Å². The van der Waals surface area contributed by atoms with Crippen LogP contribution in [0.15, 0.2) is 29.2 Å². The molecule has 0 spiro atoms. The van der Waals surface area contributed by atoms with Crippen molar-refractivity contribution in [1.82, 2.24) is 0 Å². The second-order valence-corrected chi connectivity index (χ2v) is 9.90. The Balaban J connectivity index is 1.66. The Hall–Kier alpha value is -0.910. The first-order chi connectivity index (χ1) is 11.7. The van der Waals surface area contributed by atoms with Crippen LogP contribution in [0, 0.1) is 30.1 Å². The summed E-state index contributed by atoms with van der Waals surface area (Å²) in [6, 6.07) is 6.76. The molecule has 0 saturated heterocycles. The van der Waals surface area contributed by atoms with Gasteiger partial charge in [-0.15, -0.1) is 0 Å². The average molecular weight is 367 g/mol. The molecule has 0 unspecified atom stereocenters. The molecule has 3 rings (SSSR count). The van der Waals surface area contributed by atoms with Crippen LogP contribution in [0.2, 0.25) is 0 Å². The van der Waals surface area contributed by atoms with Crippen LogP contribution < -0.4 is 0 Å². The standard InChI is InChI=1S/C20H30O4S/c1-14-6-8-16(9-7-14)25(22,23)24-13-15(2)17-10-11-18-19(21)5-4-12-20(17,18)3/h6-9,15,17-19,21H,4-5,10-13H2,1-3H3/t15-,17+,18+,19-,20+/m0/s1. The molecule has 1 N–H and O–H groups in total. The third-order valence-electron chi connectivity index (χ3n) is 6.65. The number of hydrogen-bond acceptors (Lipinski definition) is 4. The number of rotatable bonds is 5.